The summed E-state index contributed by atoms with van der Waals surface area (Å²) in [5.74, 6) is 0. The van der Waals surface area contributed by atoms with Crippen LogP contribution in [0.15, 0.2) is 48.6 Å². The standard InChI is InChI=1S/C15H18/c1-13(15-9-3-2-4-10-15)11-12-14-7-5-6-8-14/h2-4,7,9-10H,1,5-6,8,11-12H2. The van der Waals surface area contributed by atoms with Crippen LogP contribution in [0.2, 0.25) is 0 Å². The van der Waals surface area contributed by atoms with Gasteiger partial charge in [-0.1, -0.05) is 48.6 Å². The van der Waals surface area contributed by atoms with Gasteiger partial charge in [-0.25, -0.2) is 0 Å². The predicted molar refractivity (Wildman–Crippen MR) is 66.6 cm³/mol. The summed E-state index contributed by atoms with van der Waals surface area (Å²) < 4.78 is 0. The largest absolute Gasteiger partial charge is 0.0952 e. The van der Waals surface area contributed by atoms with Crippen molar-refractivity contribution in [3.63, 3.8) is 0 Å². The monoisotopic (exact) mass is 198 g/mol. The minimum Gasteiger partial charge on any atom is -0.0952 e. The number of rotatable bonds is 4. The first-order valence-corrected chi connectivity index (χ1v) is 5.77. The van der Waals surface area contributed by atoms with Crippen LogP contribution in [0.25, 0.3) is 5.57 Å². The van der Waals surface area contributed by atoms with Crippen molar-refractivity contribution in [3.8, 4) is 0 Å². The van der Waals surface area contributed by atoms with Crippen molar-refractivity contribution >= 4 is 5.57 Å². The lowest BCUT2D eigenvalue weighted by Crippen LogP contribution is -1.85. The van der Waals surface area contributed by atoms with Gasteiger partial charge >= 0.3 is 0 Å². The molecule has 0 bridgehead atoms. The van der Waals surface area contributed by atoms with Gasteiger partial charge in [-0.15, -0.1) is 0 Å². The Kier molecular flexibility index (Phi) is 3.39. The molecule has 0 aliphatic heterocycles. The fraction of sp³-hybridized carbons (Fsp3) is 0.333. The molecule has 0 heteroatoms. The van der Waals surface area contributed by atoms with Gasteiger partial charge in [0.15, 0.2) is 0 Å². The third-order valence-corrected chi connectivity index (χ3v) is 3.06. The van der Waals surface area contributed by atoms with Gasteiger partial charge < -0.3 is 0 Å². The molecule has 78 valence electrons. The van der Waals surface area contributed by atoms with Gasteiger partial charge in [0.25, 0.3) is 0 Å². The van der Waals surface area contributed by atoms with Gasteiger partial charge in [-0.2, -0.15) is 0 Å². The lowest BCUT2D eigenvalue weighted by molar-refractivity contribution is 0.860. The highest BCUT2D eigenvalue weighted by Crippen LogP contribution is 2.26. The second-order valence-electron chi connectivity index (χ2n) is 4.22. The Labute approximate surface area is 92.3 Å². The van der Waals surface area contributed by atoms with Crippen molar-refractivity contribution in [1.29, 1.82) is 0 Å². The quantitative estimate of drug-likeness (QED) is 0.621. The molecule has 0 unspecified atom stereocenters. The second-order valence-corrected chi connectivity index (χ2v) is 4.22. The van der Waals surface area contributed by atoms with E-state index in [4.69, 9.17) is 0 Å². The highest BCUT2D eigenvalue weighted by molar-refractivity contribution is 5.63. The summed E-state index contributed by atoms with van der Waals surface area (Å²) >= 11 is 0. The Hall–Kier alpha value is -1.30. The molecule has 0 fully saturated rings. The van der Waals surface area contributed by atoms with Gasteiger partial charge in [0.05, 0.1) is 0 Å². The van der Waals surface area contributed by atoms with Gasteiger partial charge in [-0.05, 0) is 43.2 Å². The summed E-state index contributed by atoms with van der Waals surface area (Å²) in [6.07, 6.45) is 8.66. The maximum absolute atomic E-state index is 4.16. The molecule has 0 atom stereocenters. The summed E-state index contributed by atoms with van der Waals surface area (Å²) in [7, 11) is 0. The van der Waals surface area contributed by atoms with E-state index < -0.39 is 0 Å². The number of hydrogen-bond donors (Lipinski definition) is 0. The Morgan fingerprint density at radius 2 is 2.00 bits per heavy atom. The molecule has 1 aromatic rings. The van der Waals surface area contributed by atoms with Crippen LogP contribution in [0.1, 0.15) is 37.7 Å². The summed E-state index contributed by atoms with van der Waals surface area (Å²) in [5, 5.41) is 0. The maximum Gasteiger partial charge on any atom is -0.0230 e. The van der Waals surface area contributed by atoms with Crippen molar-refractivity contribution < 1.29 is 0 Å². The average molecular weight is 198 g/mol. The number of allylic oxidation sites excluding steroid dienone is 3. The zero-order valence-electron chi connectivity index (χ0n) is 9.21. The molecule has 0 heterocycles. The van der Waals surface area contributed by atoms with Crippen LogP contribution < -0.4 is 0 Å². The fourth-order valence-electron chi connectivity index (χ4n) is 2.09. The Bertz CT molecular complexity index is 357. The van der Waals surface area contributed by atoms with Crippen LogP contribution in [0, 0.1) is 0 Å². The van der Waals surface area contributed by atoms with Crippen molar-refractivity contribution in [3.05, 3.63) is 54.1 Å². The number of benzene rings is 1. The Morgan fingerprint density at radius 1 is 1.20 bits per heavy atom. The topological polar surface area (TPSA) is 0 Å². The van der Waals surface area contributed by atoms with Crippen LogP contribution in [-0.2, 0) is 0 Å². The Morgan fingerprint density at radius 3 is 2.67 bits per heavy atom. The first-order chi connectivity index (χ1) is 7.36. The van der Waals surface area contributed by atoms with Crippen LogP contribution in [0.3, 0.4) is 0 Å². The zero-order valence-corrected chi connectivity index (χ0v) is 9.21. The average Bonchev–Trinajstić information content (AvgIpc) is 2.80. The summed E-state index contributed by atoms with van der Waals surface area (Å²) in [5.41, 5.74) is 4.19. The van der Waals surface area contributed by atoms with E-state index in [2.05, 4.69) is 43.0 Å². The molecule has 15 heavy (non-hydrogen) atoms. The molecular formula is C15H18. The molecule has 1 aromatic carbocycles. The molecule has 0 nitrogen and oxygen atoms in total. The van der Waals surface area contributed by atoms with Gasteiger partial charge in [0.2, 0.25) is 0 Å². The van der Waals surface area contributed by atoms with E-state index in [1.807, 2.05) is 0 Å². The smallest absolute Gasteiger partial charge is 0.0230 e. The highest BCUT2D eigenvalue weighted by Gasteiger charge is 2.05. The lowest BCUT2D eigenvalue weighted by Gasteiger charge is -2.06. The second kappa shape index (κ2) is 4.97. The molecule has 0 radical (unpaired) electrons. The zero-order chi connectivity index (χ0) is 10.5. The third kappa shape index (κ3) is 2.82. The van der Waals surface area contributed by atoms with E-state index in [0.29, 0.717) is 0 Å². The van der Waals surface area contributed by atoms with Gasteiger partial charge in [0, 0.05) is 0 Å². The summed E-state index contributed by atoms with van der Waals surface area (Å²) in [4.78, 5) is 0. The molecule has 0 saturated heterocycles. The lowest BCUT2D eigenvalue weighted by atomic mass is 10.00. The van der Waals surface area contributed by atoms with E-state index in [-0.39, 0.29) is 0 Å². The van der Waals surface area contributed by atoms with E-state index in [0.717, 1.165) is 6.42 Å². The van der Waals surface area contributed by atoms with E-state index >= 15 is 0 Å². The molecule has 0 saturated carbocycles. The van der Waals surface area contributed by atoms with Crippen LogP contribution >= 0.6 is 0 Å². The van der Waals surface area contributed by atoms with E-state index in [9.17, 15) is 0 Å². The summed E-state index contributed by atoms with van der Waals surface area (Å²) in [6, 6.07) is 10.5. The molecule has 1 aliphatic carbocycles. The first-order valence-electron chi connectivity index (χ1n) is 5.77. The van der Waals surface area contributed by atoms with Gasteiger partial charge in [-0.3, -0.25) is 0 Å². The first kappa shape index (κ1) is 10.2. The van der Waals surface area contributed by atoms with Crippen molar-refractivity contribution in [2.24, 2.45) is 0 Å². The molecule has 0 spiro atoms. The SMILES string of the molecule is C=C(CCC1=CCCC1)c1ccccc1. The molecule has 0 amide bonds. The fourth-order valence-corrected chi connectivity index (χ4v) is 2.09. The number of hydrogen-bond acceptors (Lipinski definition) is 0. The molecule has 1 aliphatic rings. The highest BCUT2D eigenvalue weighted by atomic mass is 14.1. The van der Waals surface area contributed by atoms with E-state index in [1.165, 1.54) is 36.8 Å². The van der Waals surface area contributed by atoms with Crippen molar-refractivity contribution in [2.45, 2.75) is 32.1 Å². The van der Waals surface area contributed by atoms with Crippen LogP contribution in [-0.4, -0.2) is 0 Å². The van der Waals surface area contributed by atoms with E-state index in [1.54, 1.807) is 5.57 Å². The molecule has 0 N–H and O–H groups in total. The summed E-state index contributed by atoms with van der Waals surface area (Å²) in [6.45, 7) is 4.16. The molecular weight excluding hydrogens is 180 g/mol. The normalized spacial score (nSPS) is 15.1. The minimum atomic E-state index is 1.11. The van der Waals surface area contributed by atoms with Crippen molar-refractivity contribution in [1.82, 2.24) is 0 Å². The van der Waals surface area contributed by atoms with Crippen molar-refractivity contribution in [2.75, 3.05) is 0 Å². The maximum atomic E-state index is 4.16. The molecule has 0 aromatic heterocycles. The minimum absolute atomic E-state index is 1.11. The van der Waals surface area contributed by atoms with Crippen LogP contribution in [0.4, 0.5) is 0 Å². The third-order valence-electron chi connectivity index (χ3n) is 3.06. The van der Waals surface area contributed by atoms with Crippen LogP contribution in [0.5, 0.6) is 0 Å². The molecule has 2 rings (SSSR count). The Balaban J connectivity index is 1.87. The van der Waals surface area contributed by atoms with Gasteiger partial charge in [0.1, 0.15) is 0 Å². The predicted octanol–water partition coefficient (Wildman–Crippen LogP) is 4.59.